The van der Waals surface area contributed by atoms with Crippen LogP contribution < -0.4 is 10.5 Å². The van der Waals surface area contributed by atoms with Crippen molar-refractivity contribution in [1.82, 2.24) is 0 Å². The van der Waals surface area contributed by atoms with Gasteiger partial charge in [-0.3, -0.25) is 4.79 Å². The van der Waals surface area contributed by atoms with Crippen LogP contribution in [0, 0.1) is 12.7 Å². The number of carbonyl (C=O) groups excluding carboxylic acids is 2. The number of nitrogens with two attached hydrogens (primary N) is 1. The zero-order valence-corrected chi connectivity index (χ0v) is 14.0. The highest BCUT2D eigenvalue weighted by atomic mass is 32.2. The lowest BCUT2D eigenvalue weighted by Gasteiger charge is -2.08. The summed E-state index contributed by atoms with van der Waals surface area (Å²) in [6, 6.07) is 9.12. The number of sulfonamides is 1. The molecular formula is C16H15FN2O5S. The molecular weight excluding hydrogens is 351 g/mol. The highest BCUT2D eigenvalue weighted by molar-refractivity contribution is 7.89. The molecule has 0 spiro atoms. The van der Waals surface area contributed by atoms with E-state index in [-0.39, 0.29) is 16.1 Å². The average molecular weight is 366 g/mol. The molecule has 25 heavy (non-hydrogen) atoms. The van der Waals surface area contributed by atoms with Gasteiger partial charge in [0.2, 0.25) is 10.0 Å². The summed E-state index contributed by atoms with van der Waals surface area (Å²) in [6.07, 6.45) is 0. The Hall–Kier alpha value is -2.78. The smallest absolute Gasteiger partial charge is 0.338 e. The summed E-state index contributed by atoms with van der Waals surface area (Å²) < 4.78 is 40.7. The van der Waals surface area contributed by atoms with Crippen molar-refractivity contribution < 1.29 is 27.1 Å². The molecule has 3 N–H and O–H groups in total. The minimum absolute atomic E-state index is 0.0212. The summed E-state index contributed by atoms with van der Waals surface area (Å²) in [4.78, 5) is 23.4. The SMILES string of the molecule is Cc1ccc(C(=O)OCC(=O)Nc2cccc(S(N)(=O)=O)c2)cc1F. The number of amides is 1. The van der Waals surface area contributed by atoms with Crippen LogP contribution in [0.2, 0.25) is 0 Å². The fourth-order valence-electron chi connectivity index (χ4n) is 1.88. The van der Waals surface area contributed by atoms with Crippen molar-refractivity contribution in [2.75, 3.05) is 11.9 Å². The summed E-state index contributed by atoms with van der Waals surface area (Å²) in [7, 11) is -3.90. The summed E-state index contributed by atoms with van der Waals surface area (Å²) in [5.41, 5.74) is 0.533. The van der Waals surface area contributed by atoms with Gasteiger partial charge in [0.15, 0.2) is 6.61 Å². The Kier molecular flexibility index (Phi) is 5.50. The van der Waals surface area contributed by atoms with Gasteiger partial charge in [-0.2, -0.15) is 0 Å². The number of ether oxygens (including phenoxy) is 1. The number of rotatable bonds is 5. The number of nitrogens with one attached hydrogen (secondary N) is 1. The molecule has 1 amide bonds. The average Bonchev–Trinajstić information content (AvgIpc) is 2.54. The molecule has 0 aliphatic heterocycles. The predicted octanol–water partition coefficient (Wildman–Crippen LogP) is 1.58. The molecule has 132 valence electrons. The van der Waals surface area contributed by atoms with Crippen LogP contribution in [0.4, 0.5) is 10.1 Å². The quantitative estimate of drug-likeness (QED) is 0.780. The topological polar surface area (TPSA) is 116 Å². The normalized spacial score (nSPS) is 11.0. The largest absolute Gasteiger partial charge is 0.452 e. The lowest BCUT2D eigenvalue weighted by atomic mass is 10.1. The van der Waals surface area contributed by atoms with Gasteiger partial charge in [-0.05, 0) is 42.8 Å². The van der Waals surface area contributed by atoms with Crippen molar-refractivity contribution in [2.24, 2.45) is 5.14 Å². The number of esters is 1. The maximum absolute atomic E-state index is 13.4. The molecule has 0 unspecified atom stereocenters. The minimum atomic E-state index is -3.90. The van der Waals surface area contributed by atoms with Crippen molar-refractivity contribution in [1.29, 1.82) is 0 Å². The van der Waals surface area contributed by atoms with E-state index < -0.39 is 34.3 Å². The van der Waals surface area contributed by atoms with Crippen LogP contribution in [0.25, 0.3) is 0 Å². The third-order valence-electron chi connectivity index (χ3n) is 3.19. The Morgan fingerprint density at radius 3 is 2.56 bits per heavy atom. The van der Waals surface area contributed by atoms with Crippen LogP contribution in [0.15, 0.2) is 47.4 Å². The molecule has 0 saturated heterocycles. The Morgan fingerprint density at radius 1 is 1.20 bits per heavy atom. The molecule has 7 nitrogen and oxygen atoms in total. The van der Waals surface area contributed by atoms with Crippen LogP contribution in [0.1, 0.15) is 15.9 Å². The first-order chi connectivity index (χ1) is 11.7. The Morgan fingerprint density at radius 2 is 1.92 bits per heavy atom. The molecule has 2 rings (SSSR count). The van der Waals surface area contributed by atoms with Gasteiger partial charge in [0.1, 0.15) is 5.82 Å². The first-order valence-electron chi connectivity index (χ1n) is 7.03. The second-order valence-corrected chi connectivity index (χ2v) is 6.72. The van der Waals surface area contributed by atoms with Gasteiger partial charge >= 0.3 is 5.97 Å². The van der Waals surface area contributed by atoms with Gasteiger partial charge in [0, 0.05) is 5.69 Å². The number of anilines is 1. The van der Waals surface area contributed by atoms with Crippen LogP contribution in [-0.4, -0.2) is 26.9 Å². The van der Waals surface area contributed by atoms with Crippen LogP contribution in [0.3, 0.4) is 0 Å². The number of hydrogen-bond acceptors (Lipinski definition) is 5. The first kappa shape index (κ1) is 18.6. The molecule has 0 atom stereocenters. The number of primary sulfonamides is 1. The highest BCUT2D eigenvalue weighted by Gasteiger charge is 2.13. The first-order valence-corrected chi connectivity index (χ1v) is 8.57. The molecule has 0 saturated carbocycles. The van der Waals surface area contributed by atoms with Crippen molar-refractivity contribution in [3.8, 4) is 0 Å². The van der Waals surface area contributed by atoms with E-state index in [1.165, 1.54) is 36.4 Å². The summed E-state index contributed by atoms with van der Waals surface area (Å²) >= 11 is 0. The van der Waals surface area contributed by atoms with E-state index in [4.69, 9.17) is 9.88 Å². The lowest BCUT2D eigenvalue weighted by molar-refractivity contribution is -0.119. The van der Waals surface area contributed by atoms with E-state index >= 15 is 0 Å². The second kappa shape index (κ2) is 7.41. The third-order valence-corrected chi connectivity index (χ3v) is 4.10. The molecule has 2 aromatic carbocycles. The summed E-state index contributed by atoms with van der Waals surface area (Å²) in [6.45, 7) is 0.932. The molecule has 0 aliphatic carbocycles. The number of benzene rings is 2. The van der Waals surface area contributed by atoms with Gasteiger partial charge in [0.25, 0.3) is 5.91 Å². The van der Waals surface area contributed by atoms with Crippen molar-refractivity contribution in [3.05, 3.63) is 59.4 Å². The Bertz CT molecular complexity index is 928. The predicted molar refractivity (Wildman–Crippen MR) is 87.9 cm³/mol. The van der Waals surface area contributed by atoms with Crippen LogP contribution >= 0.6 is 0 Å². The number of halogens is 1. The van der Waals surface area contributed by atoms with Gasteiger partial charge < -0.3 is 10.1 Å². The second-order valence-electron chi connectivity index (χ2n) is 5.16. The molecule has 0 radical (unpaired) electrons. The molecule has 0 fully saturated rings. The zero-order chi connectivity index (χ0) is 18.6. The maximum Gasteiger partial charge on any atom is 0.338 e. The van der Waals surface area contributed by atoms with E-state index in [9.17, 15) is 22.4 Å². The molecule has 0 aliphatic rings. The lowest BCUT2D eigenvalue weighted by Crippen LogP contribution is -2.21. The Balaban J connectivity index is 1.96. The number of hydrogen-bond donors (Lipinski definition) is 2. The standard InChI is InChI=1S/C16H15FN2O5S/c1-10-5-6-11(7-14(10)17)16(21)24-9-15(20)19-12-3-2-4-13(8-12)25(18,22)23/h2-8H,9H2,1H3,(H,19,20)(H2,18,22,23). The maximum atomic E-state index is 13.4. The van der Waals surface area contributed by atoms with E-state index in [1.807, 2.05) is 0 Å². The van der Waals surface area contributed by atoms with Crippen molar-refractivity contribution in [3.63, 3.8) is 0 Å². The Labute approximate surface area is 143 Å². The van der Waals surface area contributed by atoms with Crippen molar-refractivity contribution >= 4 is 27.6 Å². The van der Waals surface area contributed by atoms with Crippen LogP contribution in [0.5, 0.6) is 0 Å². The van der Waals surface area contributed by atoms with Gasteiger partial charge in [-0.1, -0.05) is 12.1 Å². The van der Waals surface area contributed by atoms with E-state index in [2.05, 4.69) is 5.32 Å². The summed E-state index contributed by atoms with van der Waals surface area (Å²) in [5.74, 6) is -2.10. The number of aryl methyl sites for hydroxylation is 1. The van der Waals surface area contributed by atoms with Crippen LogP contribution in [-0.2, 0) is 19.6 Å². The van der Waals surface area contributed by atoms with Crippen molar-refractivity contribution in [2.45, 2.75) is 11.8 Å². The third kappa shape index (κ3) is 5.10. The molecule has 2 aromatic rings. The molecule has 0 bridgehead atoms. The van der Waals surface area contributed by atoms with E-state index in [0.29, 0.717) is 5.56 Å². The minimum Gasteiger partial charge on any atom is -0.452 e. The fraction of sp³-hybridized carbons (Fsp3) is 0.125. The van der Waals surface area contributed by atoms with Gasteiger partial charge in [-0.15, -0.1) is 0 Å². The fourth-order valence-corrected chi connectivity index (χ4v) is 2.44. The highest BCUT2D eigenvalue weighted by Crippen LogP contribution is 2.14. The molecule has 0 heterocycles. The van der Waals surface area contributed by atoms with E-state index in [0.717, 1.165) is 6.07 Å². The molecule has 0 aromatic heterocycles. The zero-order valence-electron chi connectivity index (χ0n) is 13.2. The number of carbonyl (C=O) groups is 2. The van der Waals surface area contributed by atoms with Gasteiger partial charge in [0.05, 0.1) is 10.5 Å². The monoisotopic (exact) mass is 366 g/mol. The van der Waals surface area contributed by atoms with Gasteiger partial charge in [-0.25, -0.2) is 22.7 Å². The van der Waals surface area contributed by atoms with E-state index in [1.54, 1.807) is 6.92 Å². The summed E-state index contributed by atoms with van der Waals surface area (Å²) in [5, 5.41) is 7.37. The molecule has 9 heteroatoms.